The lowest BCUT2D eigenvalue weighted by Gasteiger charge is -2.26. The zero-order chi connectivity index (χ0) is 17.6. The second kappa shape index (κ2) is 9.81. The summed E-state index contributed by atoms with van der Waals surface area (Å²) in [5, 5.41) is 3.68. The van der Waals surface area contributed by atoms with Crippen molar-refractivity contribution in [2.75, 3.05) is 5.32 Å². The van der Waals surface area contributed by atoms with Crippen molar-refractivity contribution in [3.8, 4) is 5.75 Å². The summed E-state index contributed by atoms with van der Waals surface area (Å²) in [5.41, 5.74) is 7.66. The number of benzene rings is 2. The zero-order valence-corrected chi connectivity index (χ0v) is 16.1. The van der Waals surface area contributed by atoms with E-state index in [1.165, 1.54) is 0 Å². The molecular formula is C20H24Cl2N2O2. The SMILES string of the molecule is Cl.NC1CCCC(C(=O)Nc2ccccc2OCc2cccc(Cl)c2)C1. The average Bonchev–Trinajstić information content (AvgIpc) is 2.61. The summed E-state index contributed by atoms with van der Waals surface area (Å²) < 4.78 is 5.89. The van der Waals surface area contributed by atoms with Gasteiger partial charge in [0.05, 0.1) is 5.69 Å². The molecule has 0 radical (unpaired) electrons. The minimum absolute atomic E-state index is 0. The van der Waals surface area contributed by atoms with Crippen LogP contribution in [0.15, 0.2) is 48.5 Å². The van der Waals surface area contributed by atoms with Crippen molar-refractivity contribution in [2.24, 2.45) is 11.7 Å². The van der Waals surface area contributed by atoms with E-state index < -0.39 is 0 Å². The van der Waals surface area contributed by atoms with Crippen molar-refractivity contribution in [3.05, 3.63) is 59.1 Å². The van der Waals surface area contributed by atoms with Crippen molar-refractivity contribution in [3.63, 3.8) is 0 Å². The molecule has 0 bridgehead atoms. The molecule has 2 unspecified atom stereocenters. The number of rotatable bonds is 5. The lowest BCUT2D eigenvalue weighted by molar-refractivity contribution is -0.120. The van der Waals surface area contributed by atoms with Gasteiger partial charge in [-0.25, -0.2) is 0 Å². The molecule has 1 saturated carbocycles. The summed E-state index contributed by atoms with van der Waals surface area (Å²) >= 11 is 6.00. The third-order valence-corrected chi connectivity index (χ3v) is 4.75. The van der Waals surface area contributed by atoms with Gasteiger partial charge in [-0.15, -0.1) is 12.4 Å². The summed E-state index contributed by atoms with van der Waals surface area (Å²) in [5.74, 6) is 0.648. The predicted molar refractivity (Wildman–Crippen MR) is 108 cm³/mol. The van der Waals surface area contributed by atoms with Gasteiger partial charge in [0.25, 0.3) is 0 Å². The van der Waals surface area contributed by atoms with Crippen molar-refractivity contribution in [1.29, 1.82) is 0 Å². The Kier molecular flexibility index (Phi) is 7.76. The first kappa shape index (κ1) is 20.6. The van der Waals surface area contributed by atoms with Crippen LogP contribution in [0.25, 0.3) is 0 Å². The van der Waals surface area contributed by atoms with E-state index in [0.29, 0.717) is 23.1 Å². The van der Waals surface area contributed by atoms with Crippen LogP contribution in [0.4, 0.5) is 5.69 Å². The highest BCUT2D eigenvalue weighted by molar-refractivity contribution is 6.30. The number of para-hydroxylation sites is 2. The number of halogens is 2. The molecule has 1 aliphatic carbocycles. The number of amides is 1. The normalized spacial score (nSPS) is 19.3. The predicted octanol–water partition coefficient (Wildman–Crippen LogP) is 4.80. The van der Waals surface area contributed by atoms with Crippen molar-refractivity contribution < 1.29 is 9.53 Å². The quantitative estimate of drug-likeness (QED) is 0.765. The Morgan fingerprint density at radius 3 is 2.77 bits per heavy atom. The summed E-state index contributed by atoms with van der Waals surface area (Å²) in [6.07, 6.45) is 3.65. The second-order valence-corrected chi connectivity index (χ2v) is 6.96. The monoisotopic (exact) mass is 394 g/mol. The number of hydrogen-bond acceptors (Lipinski definition) is 3. The van der Waals surface area contributed by atoms with E-state index >= 15 is 0 Å². The van der Waals surface area contributed by atoms with Gasteiger partial charge in [-0.05, 0) is 49.1 Å². The Hall–Kier alpha value is -1.75. The fraction of sp³-hybridized carbons (Fsp3) is 0.350. The van der Waals surface area contributed by atoms with Gasteiger partial charge in [0, 0.05) is 17.0 Å². The maximum absolute atomic E-state index is 12.5. The topological polar surface area (TPSA) is 64.4 Å². The standard InChI is InChI=1S/C20H23ClN2O2.ClH/c21-16-7-3-5-14(11-16)13-25-19-10-2-1-9-18(19)23-20(24)15-6-4-8-17(22)12-15;/h1-3,5,7,9-11,15,17H,4,6,8,12-13,22H2,(H,23,24);1H. The maximum Gasteiger partial charge on any atom is 0.227 e. The van der Waals surface area contributed by atoms with Crippen LogP contribution < -0.4 is 15.8 Å². The van der Waals surface area contributed by atoms with Crippen LogP contribution in [0.2, 0.25) is 5.02 Å². The highest BCUT2D eigenvalue weighted by Gasteiger charge is 2.25. The fourth-order valence-corrected chi connectivity index (χ4v) is 3.40. The second-order valence-electron chi connectivity index (χ2n) is 6.53. The highest BCUT2D eigenvalue weighted by Crippen LogP contribution is 2.28. The molecule has 0 saturated heterocycles. The van der Waals surface area contributed by atoms with Gasteiger partial charge in [0.1, 0.15) is 12.4 Å². The smallest absolute Gasteiger partial charge is 0.227 e. The minimum Gasteiger partial charge on any atom is -0.487 e. The summed E-state index contributed by atoms with van der Waals surface area (Å²) in [6.45, 7) is 0.391. The van der Waals surface area contributed by atoms with Crippen LogP contribution in [-0.4, -0.2) is 11.9 Å². The molecule has 3 rings (SSSR count). The Morgan fingerprint density at radius 2 is 2.00 bits per heavy atom. The van der Waals surface area contributed by atoms with Crippen LogP contribution in [0.5, 0.6) is 5.75 Å². The number of carbonyl (C=O) groups is 1. The molecule has 0 spiro atoms. The molecule has 4 nitrogen and oxygen atoms in total. The number of ether oxygens (including phenoxy) is 1. The Labute approximate surface area is 165 Å². The molecule has 26 heavy (non-hydrogen) atoms. The summed E-state index contributed by atoms with van der Waals surface area (Å²) in [6, 6.07) is 15.1. The number of carbonyl (C=O) groups excluding carboxylic acids is 1. The van der Waals surface area contributed by atoms with Gasteiger partial charge in [-0.1, -0.05) is 42.3 Å². The molecule has 0 aliphatic heterocycles. The van der Waals surface area contributed by atoms with E-state index in [-0.39, 0.29) is 30.3 Å². The molecule has 2 atom stereocenters. The Morgan fingerprint density at radius 1 is 1.19 bits per heavy atom. The van der Waals surface area contributed by atoms with Gasteiger partial charge >= 0.3 is 0 Å². The van der Waals surface area contributed by atoms with Gasteiger partial charge in [0.15, 0.2) is 0 Å². The molecule has 1 amide bonds. The van der Waals surface area contributed by atoms with Crippen LogP contribution in [0.3, 0.4) is 0 Å². The largest absolute Gasteiger partial charge is 0.487 e. The minimum atomic E-state index is -0.0234. The van der Waals surface area contributed by atoms with E-state index in [1.807, 2.05) is 48.5 Å². The average molecular weight is 395 g/mol. The molecule has 6 heteroatoms. The Balaban J connectivity index is 0.00000243. The van der Waals surface area contributed by atoms with E-state index in [2.05, 4.69) is 5.32 Å². The number of nitrogens with two attached hydrogens (primary N) is 1. The summed E-state index contributed by atoms with van der Waals surface area (Å²) in [7, 11) is 0. The van der Waals surface area contributed by atoms with E-state index in [0.717, 1.165) is 31.2 Å². The van der Waals surface area contributed by atoms with E-state index in [9.17, 15) is 4.79 Å². The molecular weight excluding hydrogens is 371 g/mol. The molecule has 1 aliphatic rings. The number of hydrogen-bond donors (Lipinski definition) is 2. The van der Waals surface area contributed by atoms with Crippen LogP contribution in [0.1, 0.15) is 31.2 Å². The third-order valence-electron chi connectivity index (χ3n) is 4.51. The molecule has 2 aromatic carbocycles. The van der Waals surface area contributed by atoms with Gasteiger partial charge in [0.2, 0.25) is 5.91 Å². The number of nitrogens with one attached hydrogen (secondary N) is 1. The first-order chi connectivity index (χ1) is 12.1. The molecule has 0 heterocycles. The third kappa shape index (κ3) is 5.63. The van der Waals surface area contributed by atoms with Crippen molar-refractivity contribution >= 4 is 35.6 Å². The van der Waals surface area contributed by atoms with Crippen molar-refractivity contribution in [1.82, 2.24) is 0 Å². The van der Waals surface area contributed by atoms with Crippen molar-refractivity contribution in [2.45, 2.75) is 38.3 Å². The number of anilines is 1. The molecule has 0 aromatic heterocycles. The fourth-order valence-electron chi connectivity index (χ4n) is 3.18. The maximum atomic E-state index is 12.5. The molecule has 2 aromatic rings. The van der Waals surface area contributed by atoms with Gasteiger partial charge in [-0.2, -0.15) is 0 Å². The highest BCUT2D eigenvalue weighted by atomic mass is 35.5. The van der Waals surface area contributed by atoms with Gasteiger partial charge in [-0.3, -0.25) is 4.79 Å². The lowest BCUT2D eigenvalue weighted by atomic mass is 9.85. The van der Waals surface area contributed by atoms with E-state index in [4.69, 9.17) is 22.1 Å². The van der Waals surface area contributed by atoms with Crippen LogP contribution in [0, 0.1) is 5.92 Å². The molecule has 1 fully saturated rings. The first-order valence-electron chi connectivity index (χ1n) is 8.64. The Bertz CT molecular complexity index is 739. The zero-order valence-electron chi connectivity index (χ0n) is 14.5. The first-order valence-corrected chi connectivity index (χ1v) is 9.02. The van der Waals surface area contributed by atoms with Crippen LogP contribution >= 0.6 is 24.0 Å². The molecule has 3 N–H and O–H groups in total. The molecule has 140 valence electrons. The van der Waals surface area contributed by atoms with E-state index in [1.54, 1.807) is 0 Å². The lowest BCUT2D eigenvalue weighted by Crippen LogP contribution is -2.34. The van der Waals surface area contributed by atoms with Crippen LogP contribution in [-0.2, 0) is 11.4 Å². The summed E-state index contributed by atoms with van der Waals surface area (Å²) in [4.78, 5) is 12.5. The van der Waals surface area contributed by atoms with Gasteiger partial charge < -0.3 is 15.8 Å².